The molecule has 0 aliphatic rings. The van der Waals surface area contributed by atoms with Crippen molar-refractivity contribution < 1.29 is 0 Å². The van der Waals surface area contributed by atoms with Crippen molar-refractivity contribution in [2.75, 3.05) is 13.6 Å². The summed E-state index contributed by atoms with van der Waals surface area (Å²) in [4.78, 5) is 2.20. The van der Waals surface area contributed by atoms with Crippen LogP contribution in [0.1, 0.15) is 24.9 Å². The average Bonchev–Trinajstić information content (AvgIpc) is 2.21. The van der Waals surface area contributed by atoms with Crippen molar-refractivity contribution >= 4 is 0 Å². The lowest BCUT2D eigenvalue weighted by atomic mass is 10.0. The van der Waals surface area contributed by atoms with Crippen molar-refractivity contribution in [3.8, 4) is 12.3 Å². The van der Waals surface area contributed by atoms with Crippen molar-refractivity contribution in [2.45, 2.75) is 19.4 Å². The van der Waals surface area contributed by atoms with Crippen LogP contribution < -0.4 is 0 Å². The van der Waals surface area contributed by atoms with Gasteiger partial charge in [-0.15, -0.1) is 6.42 Å². The van der Waals surface area contributed by atoms with E-state index in [0.29, 0.717) is 12.6 Å². The minimum absolute atomic E-state index is 0.437. The van der Waals surface area contributed by atoms with Gasteiger partial charge in [0.15, 0.2) is 0 Å². The van der Waals surface area contributed by atoms with Gasteiger partial charge in [0.2, 0.25) is 0 Å². The molecule has 1 nitrogen and oxygen atoms in total. The van der Waals surface area contributed by atoms with Crippen molar-refractivity contribution in [3.05, 3.63) is 35.9 Å². The van der Waals surface area contributed by atoms with Crippen LogP contribution in [0.5, 0.6) is 0 Å². The molecule has 74 valence electrons. The molecule has 1 rings (SSSR count). The van der Waals surface area contributed by atoms with E-state index in [4.69, 9.17) is 6.42 Å². The van der Waals surface area contributed by atoms with Gasteiger partial charge in [-0.2, -0.15) is 0 Å². The van der Waals surface area contributed by atoms with E-state index >= 15 is 0 Å². The van der Waals surface area contributed by atoms with E-state index in [2.05, 4.69) is 49.1 Å². The molecule has 0 radical (unpaired) electrons. The Hall–Kier alpha value is -1.26. The van der Waals surface area contributed by atoms with Gasteiger partial charge >= 0.3 is 0 Å². The predicted octanol–water partition coefficient (Wildman–Crippen LogP) is 2.70. The monoisotopic (exact) mass is 187 g/mol. The minimum atomic E-state index is 0.437. The lowest BCUT2D eigenvalue weighted by Crippen LogP contribution is -2.24. The number of rotatable bonds is 4. The van der Waals surface area contributed by atoms with E-state index in [-0.39, 0.29) is 0 Å². The molecule has 0 saturated heterocycles. The van der Waals surface area contributed by atoms with Crippen LogP contribution in [0.2, 0.25) is 0 Å². The number of hydrogen-bond acceptors (Lipinski definition) is 1. The summed E-state index contributed by atoms with van der Waals surface area (Å²) in [6.07, 6.45) is 6.39. The van der Waals surface area contributed by atoms with Gasteiger partial charge in [-0.3, -0.25) is 4.90 Å². The molecule has 0 aromatic heterocycles. The first-order valence-corrected chi connectivity index (χ1v) is 4.98. The summed E-state index contributed by atoms with van der Waals surface area (Å²) in [5, 5.41) is 0. The van der Waals surface area contributed by atoms with Gasteiger partial charge in [0.05, 0.1) is 6.54 Å². The smallest absolute Gasteiger partial charge is 0.0601 e. The summed E-state index contributed by atoms with van der Waals surface area (Å²) in [5.74, 6) is 2.68. The lowest BCUT2D eigenvalue weighted by Gasteiger charge is -2.25. The van der Waals surface area contributed by atoms with Crippen molar-refractivity contribution in [1.29, 1.82) is 0 Å². The van der Waals surface area contributed by atoms with Crippen LogP contribution in [0.3, 0.4) is 0 Å². The number of benzene rings is 1. The number of nitrogens with zero attached hydrogens (tertiary/aromatic N) is 1. The molecule has 0 fully saturated rings. The molecule has 0 unspecified atom stereocenters. The molecular weight excluding hydrogens is 170 g/mol. The van der Waals surface area contributed by atoms with Crippen LogP contribution in [0, 0.1) is 12.3 Å². The molecule has 1 aromatic carbocycles. The highest BCUT2D eigenvalue weighted by Crippen LogP contribution is 2.21. The fourth-order valence-electron chi connectivity index (χ4n) is 1.73. The van der Waals surface area contributed by atoms with Crippen LogP contribution in [0.15, 0.2) is 30.3 Å². The quantitative estimate of drug-likeness (QED) is 0.655. The molecule has 0 spiro atoms. The SMILES string of the molecule is C#CCN(C)[C@H](CC)c1ccccc1. The first-order valence-electron chi connectivity index (χ1n) is 4.98. The van der Waals surface area contributed by atoms with E-state index in [1.165, 1.54) is 5.56 Å². The van der Waals surface area contributed by atoms with Gasteiger partial charge in [-0.05, 0) is 19.0 Å². The van der Waals surface area contributed by atoms with Gasteiger partial charge in [0.25, 0.3) is 0 Å². The van der Waals surface area contributed by atoms with Crippen molar-refractivity contribution in [1.82, 2.24) is 4.90 Å². The van der Waals surface area contributed by atoms with Crippen LogP contribution >= 0.6 is 0 Å². The highest BCUT2D eigenvalue weighted by molar-refractivity contribution is 5.19. The van der Waals surface area contributed by atoms with Crippen LogP contribution in [-0.2, 0) is 0 Å². The summed E-state index contributed by atoms with van der Waals surface area (Å²) in [6, 6.07) is 10.9. The minimum Gasteiger partial charge on any atom is -0.288 e. The Bertz CT molecular complexity index is 297. The maximum absolute atomic E-state index is 5.31. The first kappa shape index (κ1) is 10.8. The summed E-state index contributed by atoms with van der Waals surface area (Å²) in [7, 11) is 2.07. The molecule has 0 N–H and O–H groups in total. The fourth-order valence-corrected chi connectivity index (χ4v) is 1.73. The topological polar surface area (TPSA) is 3.24 Å². The van der Waals surface area contributed by atoms with Crippen molar-refractivity contribution in [2.24, 2.45) is 0 Å². The van der Waals surface area contributed by atoms with Crippen LogP contribution in [-0.4, -0.2) is 18.5 Å². The normalized spacial score (nSPS) is 12.4. The van der Waals surface area contributed by atoms with E-state index in [1.54, 1.807) is 0 Å². The molecule has 1 aromatic rings. The Morgan fingerprint density at radius 2 is 2.00 bits per heavy atom. The maximum Gasteiger partial charge on any atom is 0.0601 e. The molecule has 0 saturated carbocycles. The largest absolute Gasteiger partial charge is 0.288 e. The Morgan fingerprint density at radius 3 is 2.50 bits per heavy atom. The zero-order chi connectivity index (χ0) is 10.4. The fraction of sp³-hybridized carbons (Fsp3) is 0.385. The summed E-state index contributed by atoms with van der Waals surface area (Å²) >= 11 is 0. The van der Waals surface area contributed by atoms with Gasteiger partial charge in [0, 0.05) is 6.04 Å². The standard InChI is InChI=1S/C13H17N/c1-4-11-14(3)13(5-2)12-9-7-6-8-10-12/h1,6-10,13H,5,11H2,2-3H3/t13-/m1/s1. The highest BCUT2D eigenvalue weighted by Gasteiger charge is 2.12. The molecule has 0 amide bonds. The molecule has 1 atom stereocenters. The molecule has 0 aliphatic heterocycles. The molecule has 0 bridgehead atoms. The van der Waals surface area contributed by atoms with E-state index < -0.39 is 0 Å². The molecule has 0 aliphatic carbocycles. The number of hydrogen-bond donors (Lipinski definition) is 0. The average molecular weight is 187 g/mol. The maximum atomic E-state index is 5.31. The predicted molar refractivity (Wildman–Crippen MR) is 60.9 cm³/mol. The Balaban J connectivity index is 2.78. The van der Waals surface area contributed by atoms with Gasteiger partial charge < -0.3 is 0 Å². The second-order valence-corrected chi connectivity index (χ2v) is 3.45. The van der Waals surface area contributed by atoms with Crippen molar-refractivity contribution in [3.63, 3.8) is 0 Å². The third-order valence-corrected chi connectivity index (χ3v) is 2.44. The third-order valence-electron chi connectivity index (χ3n) is 2.44. The highest BCUT2D eigenvalue weighted by atomic mass is 15.1. The molecular formula is C13H17N. The van der Waals surface area contributed by atoms with Gasteiger partial charge in [-0.25, -0.2) is 0 Å². The molecule has 0 heterocycles. The summed E-state index contributed by atoms with van der Waals surface area (Å²) in [6.45, 7) is 2.89. The zero-order valence-electron chi connectivity index (χ0n) is 8.90. The van der Waals surface area contributed by atoms with Crippen LogP contribution in [0.4, 0.5) is 0 Å². The van der Waals surface area contributed by atoms with Gasteiger partial charge in [-0.1, -0.05) is 43.2 Å². The lowest BCUT2D eigenvalue weighted by molar-refractivity contribution is 0.268. The second kappa shape index (κ2) is 5.47. The van der Waals surface area contributed by atoms with Crippen LogP contribution in [0.25, 0.3) is 0 Å². The van der Waals surface area contributed by atoms with E-state index in [9.17, 15) is 0 Å². The molecule has 14 heavy (non-hydrogen) atoms. The zero-order valence-corrected chi connectivity index (χ0v) is 8.90. The Labute approximate surface area is 86.7 Å². The Kier molecular flexibility index (Phi) is 4.22. The van der Waals surface area contributed by atoms with Gasteiger partial charge in [0.1, 0.15) is 0 Å². The van der Waals surface area contributed by atoms with E-state index in [1.807, 2.05) is 6.07 Å². The van der Waals surface area contributed by atoms with E-state index in [0.717, 1.165) is 6.42 Å². The second-order valence-electron chi connectivity index (χ2n) is 3.45. The summed E-state index contributed by atoms with van der Waals surface area (Å²) < 4.78 is 0. The summed E-state index contributed by atoms with van der Waals surface area (Å²) in [5.41, 5.74) is 1.34. The third kappa shape index (κ3) is 2.61. The Morgan fingerprint density at radius 1 is 1.36 bits per heavy atom. The number of terminal acetylenes is 1. The first-order chi connectivity index (χ1) is 6.79. The molecule has 1 heteroatoms.